The van der Waals surface area contributed by atoms with Gasteiger partial charge in [-0.2, -0.15) is 0 Å². The number of carbonyl (C=O) groups is 1. The molecule has 14 heavy (non-hydrogen) atoms. The summed E-state index contributed by atoms with van der Waals surface area (Å²) in [4.78, 5) is 11.1. The van der Waals surface area contributed by atoms with Crippen LogP contribution in [0.2, 0.25) is 0 Å². The summed E-state index contributed by atoms with van der Waals surface area (Å²) in [5.74, 6) is -0.604. The Morgan fingerprint density at radius 1 is 1.43 bits per heavy atom. The van der Waals surface area contributed by atoms with E-state index in [9.17, 15) is 15.0 Å². The van der Waals surface area contributed by atoms with Crippen LogP contribution < -0.4 is 0 Å². The first-order valence-electron chi connectivity index (χ1n) is 4.04. The van der Waals surface area contributed by atoms with E-state index in [-0.39, 0.29) is 28.4 Å². The number of aromatic hydroxyl groups is 2. The Balaban J connectivity index is 2.88. The Labute approximate surface area is 79.4 Å². The lowest BCUT2D eigenvalue weighted by molar-refractivity contribution is 0.101. The van der Waals surface area contributed by atoms with Crippen LogP contribution in [0.1, 0.15) is 17.3 Å². The highest BCUT2D eigenvalue weighted by Gasteiger charge is 2.15. The molecule has 0 unspecified atom stereocenters. The summed E-state index contributed by atoms with van der Waals surface area (Å²) in [6.07, 6.45) is 1.34. The van der Waals surface area contributed by atoms with Gasteiger partial charge in [-0.1, -0.05) is 0 Å². The predicted molar refractivity (Wildman–Crippen MR) is 49.5 cm³/mol. The first-order chi connectivity index (χ1) is 6.61. The second-order valence-electron chi connectivity index (χ2n) is 3.01. The number of hydrogen-bond acceptors (Lipinski definition) is 4. The minimum absolute atomic E-state index is 0.0939. The smallest absolute Gasteiger partial charge is 0.179 e. The maximum atomic E-state index is 11.1. The Morgan fingerprint density at radius 3 is 2.79 bits per heavy atom. The molecular formula is C10H8O4. The lowest BCUT2D eigenvalue weighted by Crippen LogP contribution is -1.92. The molecule has 2 aromatic rings. The van der Waals surface area contributed by atoms with Crippen molar-refractivity contribution in [2.24, 2.45) is 0 Å². The highest BCUT2D eigenvalue weighted by molar-refractivity contribution is 6.04. The van der Waals surface area contributed by atoms with Crippen molar-refractivity contribution in [2.45, 2.75) is 6.92 Å². The minimum atomic E-state index is -0.305. The van der Waals surface area contributed by atoms with E-state index in [1.807, 2.05) is 0 Å². The number of ketones is 1. The number of Topliss-reactive ketones (excluding diaryl/α,β-unsaturated/α-hetero) is 1. The zero-order chi connectivity index (χ0) is 10.3. The van der Waals surface area contributed by atoms with E-state index in [1.54, 1.807) is 0 Å². The first kappa shape index (κ1) is 8.62. The van der Waals surface area contributed by atoms with E-state index in [2.05, 4.69) is 0 Å². The summed E-state index contributed by atoms with van der Waals surface area (Å²) in [5, 5.41) is 19.4. The van der Waals surface area contributed by atoms with Crippen LogP contribution in [0.25, 0.3) is 11.0 Å². The molecule has 0 aliphatic carbocycles. The second kappa shape index (κ2) is 2.77. The third-order valence-electron chi connectivity index (χ3n) is 2.07. The maximum absolute atomic E-state index is 11.1. The van der Waals surface area contributed by atoms with Gasteiger partial charge >= 0.3 is 0 Å². The number of rotatable bonds is 1. The molecule has 2 N–H and O–H groups in total. The molecule has 4 heteroatoms. The summed E-state index contributed by atoms with van der Waals surface area (Å²) in [6, 6.07) is 2.69. The quantitative estimate of drug-likeness (QED) is 0.535. The van der Waals surface area contributed by atoms with Crippen molar-refractivity contribution in [3.05, 3.63) is 24.0 Å². The lowest BCUT2D eigenvalue weighted by Gasteiger charge is -2.02. The summed E-state index contributed by atoms with van der Waals surface area (Å²) in [7, 11) is 0. The molecule has 0 radical (unpaired) electrons. The Hall–Kier alpha value is -1.97. The van der Waals surface area contributed by atoms with Gasteiger partial charge in [0.1, 0.15) is 5.75 Å². The molecule has 0 fully saturated rings. The molecule has 0 atom stereocenters. The number of benzene rings is 1. The zero-order valence-corrected chi connectivity index (χ0v) is 7.44. The van der Waals surface area contributed by atoms with E-state index in [0.29, 0.717) is 5.39 Å². The Morgan fingerprint density at radius 2 is 2.14 bits per heavy atom. The average molecular weight is 192 g/mol. The Kier molecular flexibility index (Phi) is 1.70. The molecule has 0 amide bonds. The number of phenolic OH excluding ortho intramolecular Hbond substituents is 2. The van der Waals surface area contributed by atoms with E-state index in [0.717, 1.165) is 0 Å². The van der Waals surface area contributed by atoms with E-state index in [1.165, 1.54) is 25.3 Å². The molecule has 0 aliphatic heterocycles. The molecule has 0 aliphatic rings. The fraction of sp³-hybridized carbons (Fsp3) is 0.100. The standard InChI is InChI=1S/C10H8O4/c1-5(11)7-4-8(12)10-6(9(7)13)2-3-14-10/h2-4,12-13H,1H3. The van der Waals surface area contributed by atoms with Gasteiger partial charge in [0.15, 0.2) is 17.1 Å². The van der Waals surface area contributed by atoms with Gasteiger partial charge in [0, 0.05) is 0 Å². The van der Waals surface area contributed by atoms with Crippen LogP contribution in [-0.2, 0) is 0 Å². The van der Waals surface area contributed by atoms with Crippen molar-refractivity contribution in [1.82, 2.24) is 0 Å². The normalized spacial score (nSPS) is 10.6. The van der Waals surface area contributed by atoms with Crippen molar-refractivity contribution in [1.29, 1.82) is 0 Å². The zero-order valence-electron chi connectivity index (χ0n) is 7.44. The maximum Gasteiger partial charge on any atom is 0.179 e. The molecule has 0 bridgehead atoms. The molecule has 72 valence electrons. The number of fused-ring (bicyclic) bond motifs is 1. The first-order valence-corrected chi connectivity index (χ1v) is 4.04. The van der Waals surface area contributed by atoms with Gasteiger partial charge in [-0.05, 0) is 19.1 Å². The van der Waals surface area contributed by atoms with Gasteiger partial charge in [-0.15, -0.1) is 0 Å². The number of carbonyl (C=O) groups excluding carboxylic acids is 1. The van der Waals surface area contributed by atoms with E-state index >= 15 is 0 Å². The van der Waals surface area contributed by atoms with Gasteiger partial charge in [0.25, 0.3) is 0 Å². The van der Waals surface area contributed by atoms with Crippen molar-refractivity contribution in [3.8, 4) is 11.5 Å². The van der Waals surface area contributed by atoms with E-state index in [4.69, 9.17) is 4.42 Å². The van der Waals surface area contributed by atoms with Gasteiger partial charge in [0.2, 0.25) is 0 Å². The van der Waals surface area contributed by atoms with Gasteiger partial charge < -0.3 is 14.6 Å². The average Bonchev–Trinajstić information content (AvgIpc) is 2.59. The third kappa shape index (κ3) is 1.04. The molecule has 1 heterocycles. The van der Waals surface area contributed by atoms with Crippen molar-refractivity contribution in [2.75, 3.05) is 0 Å². The number of furan rings is 1. The summed E-state index contributed by atoms with van der Waals surface area (Å²) >= 11 is 0. The molecule has 0 saturated carbocycles. The van der Waals surface area contributed by atoms with Gasteiger partial charge in [-0.3, -0.25) is 4.79 Å². The highest BCUT2D eigenvalue weighted by Crippen LogP contribution is 2.36. The van der Waals surface area contributed by atoms with Gasteiger partial charge in [-0.25, -0.2) is 0 Å². The third-order valence-corrected chi connectivity index (χ3v) is 2.07. The topological polar surface area (TPSA) is 70.7 Å². The van der Waals surface area contributed by atoms with Crippen LogP contribution in [0.15, 0.2) is 22.8 Å². The number of hydrogen-bond donors (Lipinski definition) is 2. The van der Waals surface area contributed by atoms with Crippen molar-refractivity contribution in [3.63, 3.8) is 0 Å². The Bertz CT molecular complexity index is 510. The fourth-order valence-corrected chi connectivity index (χ4v) is 1.38. The molecule has 2 rings (SSSR count). The van der Waals surface area contributed by atoms with Crippen LogP contribution in [0.5, 0.6) is 11.5 Å². The molecular weight excluding hydrogens is 184 g/mol. The number of phenols is 2. The van der Waals surface area contributed by atoms with E-state index < -0.39 is 0 Å². The molecule has 0 spiro atoms. The summed E-state index contributed by atoms with van der Waals surface area (Å²) in [5.41, 5.74) is 0.281. The van der Waals surface area contributed by atoms with Gasteiger partial charge in [0.05, 0.1) is 17.2 Å². The summed E-state index contributed by atoms with van der Waals surface area (Å²) < 4.78 is 4.94. The van der Waals surface area contributed by atoms with Crippen LogP contribution in [0, 0.1) is 0 Å². The molecule has 1 aromatic heterocycles. The largest absolute Gasteiger partial charge is 0.506 e. The summed E-state index contributed by atoms with van der Waals surface area (Å²) in [6.45, 7) is 1.32. The van der Waals surface area contributed by atoms with Crippen LogP contribution in [0.3, 0.4) is 0 Å². The highest BCUT2D eigenvalue weighted by atomic mass is 16.3. The van der Waals surface area contributed by atoms with Crippen LogP contribution >= 0.6 is 0 Å². The SMILES string of the molecule is CC(=O)c1cc(O)c2occc2c1O. The second-order valence-corrected chi connectivity index (χ2v) is 3.01. The molecule has 0 saturated heterocycles. The fourth-order valence-electron chi connectivity index (χ4n) is 1.38. The van der Waals surface area contributed by atoms with Crippen LogP contribution in [-0.4, -0.2) is 16.0 Å². The predicted octanol–water partition coefficient (Wildman–Crippen LogP) is 2.05. The monoisotopic (exact) mass is 192 g/mol. The van der Waals surface area contributed by atoms with Crippen molar-refractivity contribution < 1.29 is 19.4 Å². The van der Waals surface area contributed by atoms with Crippen LogP contribution in [0.4, 0.5) is 0 Å². The minimum Gasteiger partial charge on any atom is -0.506 e. The lowest BCUT2D eigenvalue weighted by atomic mass is 10.1. The molecule has 4 nitrogen and oxygen atoms in total. The van der Waals surface area contributed by atoms with Crippen molar-refractivity contribution >= 4 is 16.8 Å². The molecule has 1 aromatic carbocycles.